The van der Waals surface area contributed by atoms with E-state index in [-0.39, 0.29) is 56.8 Å². The molecule has 3 N–H and O–H groups in total. The van der Waals surface area contributed by atoms with Crippen LogP contribution in [0.25, 0.3) is 11.1 Å². The van der Waals surface area contributed by atoms with Crippen molar-refractivity contribution in [3.63, 3.8) is 0 Å². The number of ether oxygens (including phenoxy) is 2. The summed E-state index contributed by atoms with van der Waals surface area (Å²) in [6, 6.07) is 13.5. The van der Waals surface area contributed by atoms with Crippen LogP contribution in [0.1, 0.15) is 43.5 Å². The number of halogens is 4. The number of methoxy groups -OCH3 is 1. The lowest BCUT2D eigenvalue weighted by Crippen LogP contribution is -2.48. The van der Waals surface area contributed by atoms with Gasteiger partial charge in [-0.1, -0.05) is 18.2 Å². The highest BCUT2D eigenvalue weighted by Gasteiger charge is 2.51. The van der Waals surface area contributed by atoms with Gasteiger partial charge in [0.1, 0.15) is 17.3 Å². The SMILES string of the molecule is COc1cc(F)c(-c2ccc(OC(C)(C)C(=O)O)cc2)cc1C(=O)NC1C2CCC(C2)C1C(=O)Nc1cccc(SC(F)(F)F)c1. The number of nitrogens with one attached hydrogen (secondary N) is 2. The third-order valence-electron chi connectivity index (χ3n) is 8.44. The number of hydrogen-bond acceptors (Lipinski definition) is 6. The van der Waals surface area contributed by atoms with Crippen molar-refractivity contribution < 1.29 is 46.5 Å². The zero-order valence-electron chi connectivity index (χ0n) is 25.1. The quantitative estimate of drug-likeness (QED) is 0.157. The summed E-state index contributed by atoms with van der Waals surface area (Å²) in [6.07, 6.45) is 2.30. The van der Waals surface area contributed by atoms with E-state index in [1.807, 2.05) is 0 Å². The largest absolute Gasteiger partial charge is 0.496 e. The van der Waals surface area contributed by atoms with Crippen LogP contribution in [0.4, 0.5) is 23.2 Å². The van der Waals surface area contributed by atoms with Crippen LogP contribution >= 0.6 is 11.8 Å². The molecule has 13 heteroatoms. The molecule has 2 amide bonds. The maximum atomic E-state index is 15.2. The second kappa shape index (κ2) is 12.9. The van der Waals surface area contributed by atoms with Crippen LogP contribution in [-0.4, -0.2) is 47.2 Å². The number of aliphatic carboxylic acids is 1. The van der Waals surface area contributed by atoms with Crippen molar-refractivity contribution in [3.05, 3.63) is 72.0 Å². The summed E-state index contributed by atoms with van der Waals surface area (Å²) < 4.78 is 64.7. The van der Waals surface area contributed by atoms with Crippen molar-refractivity contribution in [2.75, 3.05) is 12.4 Å². The van der Waals surface area contributed by atoms with Crippen molar-refractivity contribution in [1.82, 2.24) is 5.32 Å². The minimum absolute atomic E-state index is 0.00921. The Kier molecular flexibility index (Phi) is 9.26. The Morgan fingerprint density at radius 3 is 2.33 bits per heavy atom. The Bertz CT molecular complexity index is 1650. The Balaban J connectivity index is 1.35. The summed E-state index contributed by atoms with van der Waals surface area (Å²) in [5.41, 5.74) is -5.19. The molecule has 0 aromatic heterocycles. The number of rotatable bonds is 10. The summed E-state index contributed by atoms with van der Waals surface area (Å²) in [6.45, 7) is 2.80. The van der Waals surface area contributed by atoms with Crippen molar-refractivity contribution in [2.24, 2.45) is 17.8 Å². The molecule has 5 rings (SSSR count). The minimum atomic E-state index is -4.47. The first-order valence-electron chi connectivity index (χ1n) is 14.5. The van der Waals surface area contributed by atoms with Crippen molar-refractivity contribution in [2.45, 2.75) is 55.2 Å². The number of alkyl halides is 3. The average Bonchev–Trinajstić information content (AvgIpc) is 3.58. The van der Waals surface area contributed by atoms with Gasteiger partial charge in [0, 0.05) is 28.3 Å². The van der Waals surface area contributed by atoms with Crippen LogP contribution in [0.2, 0.25) is 0 Å². The smallest absolute Gasteiger partial charge is 0.446 e. The Labute approximate surface area is 266 Å². The summed E-state index contributed by atoms with van der Waals surface area (Å²) >= 11 is -0.274. The number of anilines is 1. The molecule has 0 saturated heterocycles. The standard InChI is InChI=1S/C33H32F4N2O6S/c1-32(2,31(42)43)45-21-11-9-17(10-12-21)23-15-24(26(44-3)16-25(23)34)29(40)39-28-19-8-7-18(13-19)27(28)30(41)38-20-5-4-6-22(14-20)46-33(35,36)37/h4-6,9-12,14-16,18-19,27-28H,7-8,13H2,1-3H3,(H,38,41)(H,39,40)(H,42,43). The van der Waals surface area contributed by atoms with Gasteiger partial charge in [-0.25, -0.2) is 9.18 Å². The molecule has 0 spiro atoms. The maximum Gasteiger partial charge on any atom is 0.446 e. The van der Waals surface area contributed by atoms with Gasteiger partial charge in [0.15, 0.2) is 5.60 Å². The lowest BCUT2D eigenvalue weighted by atomic mass is 9.83. The predicted octanol–water partition coefficient (Wildman–Crippen LogP) is 7.14. The number of carboxylic acid groups (broad SMARTS) is 1. The van der Waals surface area contributed by atoms with Gasteiger partial charge in [-0.15, -0.1) is 0 Å². The van der Waals surface area contributed by atoms with Crippen molar-refractivity contribution in [1.29, 1.82) is 0 Å². The Morgan fingerprint density at radius 1 is 0.978 bits per heavy atom. The molecule has 2 aliphatic rings. The fraction of sp³-hybridized carbons (Fsp3) is 0.364. The third-order valence-corrected chi connectivity index (χ3v) is 9.16. The van der Waals surface area contributed by atoms with Gasteiger partial charge in [-0.3, -0.25) is 9.59 Å². The molecule has 2 fully saturated rings. The number of hydrogen-bond donors (Lipinski definition) is 3. The third kappa shape index (κ3) is 7.24. The van der Waals surface area contributed by atoms with Crippen LogP contribution < -0.4 is 20.1 Å². The van der Waals surface area contributed by atoms with E-state index in [2.05, 4.69) is 10.6 Å². The Hall–Kier alpha value is -4.26. The molecule has 2 saturated carbocycles. The van der Waals surface area contributed by atoms with E-state index in [1.165, 1.54) is 63.4 Å². The van der Waals surface area contributed by atoms with E-state index in [0.717, 1.165) is 18.9 Å². The second-order valence-corrected chi connectivity index (χ2v) is 13.0. The highest BCUT2D eigenvalue weighted by atomic mass is 32.2. The summed E-state index contributed by atoms with van der Waals surface area (Å²) in [4.78, 5) is 38.5. The zero-order chi connectivity index (χ0) is 33.4. The number of thioether (sulfide) groups is 1. The maximum absolute atomic E-state index is 15.2. The van der Waals surface area contributed by atoms with Crippen LogP contribution in [0.5, 0.6) is 11.5 Å². The van der Waals surface area contributed by atoms with E-state index < -0.39 is 46.7 Å². The molecule has 0 aliphatic heterocycles. The molecular weight excluding hydrogens is 628 g/mol. The Morgan fingerprint density at radius 2 is 1.67 bits per heavy atom. The van der Waals surface area contributed by atoms with E-state index in [0.29, 0.717) is 12.0 Å². The summed E-state index contributed by atoms with van der Waals surface area (Å²) in [5, 5.41) is 15.0. The van der Waals surface area contributed by atoms with Crippen molar-refractivity contribution in [3.8, 4) is 22.6 Å². The lowest BCUT2D eigenvalue weighted by molar-refractivity contribution is -0.152. The van der Waals surface area contributed by atoms with Gasteiger partial charge in [-0.2, -0.15) is 13.2 Å². The van der Waals surface area contributed by atoms with E-state index in [4.69, 9.17) is 9.47 Å². The molecule has 3 aromatic rings. The monoisotopic (exact) mass is 660 g/mol. The van der Waals surface area contributed by atoms with Gasteiger partial charge in [0.25, 0.3) is 5.91 Å². The van der Waals surface area contributed by atoms with Gasteiger partial charge < -0.3 is 25.2 Å². The molecule has 2 aliphatic carbocycles. The molecular formula is C33H32F4N2O6S. The molecule has 2 bridgehead atoms. The van der Waals surface area contributed by atoms with Crippen molar-refractivity contribution >= 4 is 35.2 Å². The molecule has 46 heavy (non-hydrogen) atoms. The first kappa shape index (κ1) is 33.1. The fourth-order valence-corrected chi connectivity index (χ4v) is 6.87. The van der Waals surface area contributed by atoms with Crippen LogP contribution in [0, 0.1) is 23.6 Å². The molecule has 3 aromatic carbocycles. The van der Waals surface area contributed by atoms with E-state index >= 15 is 4.39 Å². The average molecular weight is 661 g/mol. The van der Waals surface area contributed by atoms with Crippen LogP contribution in [0.3, 0.4) is 0 Å². The number of carbonyl (C=O) groups is 3. The number of amides is 2. The number of fused-ring (bicyclic) bond motifs is 2. The summed E-state index contributed by atoms with van der Waals surface area (Å²) in [7, 11) is 1.31. The number of carboxylic acids is 1. The summed E-state index contributed by atoms with van der Waals surface area (Å²) in [5.74, 6) is -3.14. The first-order valence-corrected chi connectivity index (χ1v) is 15.3. The van der Waals surface area contributed by atoms with E-state index in [1.54, 1.807) is 12.1 Å². The van der Waals surface area contributed by atoms with Crippen LogP contribution in [0.15, 0.2) is 65.6 Å². The van der Waals surface area contributed by atoms with Gasteiger partial charge in [-0.05, 0) is 98.7 Å². The molecule has 8 nitrogen and oxygen atoms in total. The van der Waals surface area contributed by atoms with Crippen LogP contribution in [-0.2, 0) is 9.59 Å². The molecule has 0 radical (unpaired) electrons. The fourth-order valence-electron chi connectivity index (χ4n) is 6.27. The number of carbonyl (C=O) groups excluding carboxylic acids is 2. The lowest BCUT2D eigenvalue weighted by Gasteiger charge is -2.31. The topological polar surface area (TPSA) is 114 Å². The molecule has 0 heterocycles. The number of benzene rings is 3. The highest BCUT2D eigenvalue weighted by molar-refractivity contribution is 8.00. The van der Waals surface area contributed by atoms with E-state index in [9.17, 15) is 32.7 Å². The molecule has 4 unspecified atom stereocenters. The second-order valence-electron chi connectivity index (χ2n) is 11.9. The first-order chi connectivity index (χ1) is 21.6. The van der Waals surface area contributed by atoms with Gasteiger partial charge in [0.05, 0.1) is 18.6 Å². The normalized spacial score (nSPS) is 20.7. The zero-order valence-corrected chi connectivity index (χ0v) is 25.9. The predicted molar refractivity (Wildman–Crippen MR) is 163 cm³/mol. The van der Waals surface area contributed by atoms with Gasteiger partial charge >= 0.3 is 11.5 Å². The minimum Gasteiger partial charge on any atom is -0.496 e. The van der Waals surface area contributed by atoms with Gasteiger partial charge in [0.2, 0.25) is 5.91 Å². The molecule has 4 atom stereocenters. The highest BCUT2D eigenvalue weighted by Crippen LogP contribution is 2.49. The molecule has 244 valence electrons.